The third-order valence-electron chi connectivity index (χ3n) is 5.64. The summed E-state index contributed by atoms with van der Waals surface area (Å²) in [6, 6.07) is 4.58. The molecule has 2 aliphatic rings. The normalized spacial score (nSPS) is 23.3. The fourth-order valence-corrected chi connectivity index (χ4v) is 3.64. The molecule has 10 heteroatoms. The van der Waals surface area contributed by atoms with Crippen LogP contribution in [0.25, 0.3) is 5.65 Å². The molecular formula is C18H20FN7O2. The molecule has 1 aliphatic carbocycles. The van der Waals surface area contributed by atoms with E-state index in [0.717, 1.165) is 18.5 Å². The van der Waals surface area contributed by atoms with Crippen molar-refractivity contribution in [1.29, 1.82) is 0 Å². The minimum Gasteiger partial charge on any atom is -0.480 e. The van der Waals surface area contributed by atoms with E-state index in [1.165, 1.54) is 4.90 Å². The van der Waals surface area contributed by atoms with Crippen LogP contribution >= 0.6 is 0 Å². The Morgan fingerprint density at radius 2 is 2.25 bits per heavy atom. The molecule has 0 amide bonds. The van der Waals surface area contributed by atoms with Crippen LogP contribution in [0.1, 0.15) is 31.9 Å². The van der Waals surface area contributed by atoms with Crippen LogP contribution in [0.5, 0.6) is 0 Å². The van der Waals surface area contributed by atoms with E-state index >= 15 is 0 Å². The molecule has 1 aliphatic heterocycles. The van der Waals surface area contributed by atoms with Gasteiger partial charge < -0.3 is 15.3 Å². The number of nitrogens with zero attached hydrogens (tertiary/aromatic N) is 5. The number of hydrogen-bond acceptors (Lipinski definition) is 6. The first kappa shape index (κ1) is 17.0. The number of carboxylic acid groups (broad SMARTS) is 1. The fourth-order valence-electron chi connectivity index (χ4n) is 3.64. The van der Waals surface area contributed by atoms with Crippen molar-refractivity contribution in [3.63, 3.8) is 0 Å². The first-order chi connectivity index (χ1) is 13.4. The summed E-state index contributed by atoms with van der Waals surface area (Å²) in [7, 11) is 0. The number of nitrogens with one attached hydrogen (secondary N) is 2. The van der Waals surface area contributed by atoms with E-state index in [1.54, 1.807) is 16.7 Å². The lowest BCUT2D eigenvalue weighted by Crippen LogP contribution is -2.37. The molecule has 146 valence electrons. The van der Waals surface area contributed by atoms with Crippen molar-refractivity contribution in [1.82, 2.24) is 24.6 Å². The first-order valence-electron chi connectivity index (χ1n) is 9.24. The van der Waals surface area contributed by atoms with Crippen LogP contribution in [-0.2, 0) is 10.2 Å². The van der Waals surface area contributed by atoms with E-state index in [1.807, 2.05) is 12.1 Å². The number of carbonyl (C=O) groups is 1. The summed E-state index contributed by atoms with van der Waals surface area (Å²) >= 11 is 0. The largest absolute Gasteiger partial charge is 0.480 e. The Labute approximate surface area is 159 Å². The van der Waals surface area contributed by atoms with E-state index in [0.29, 0.717) is 17.4 Å². The van der Waals surface area contributed by atoms with Crippen molar-refractivity contribution in [3.8, 4) is 0 Å². The monoisotopic (exact) mass is 385 g/mol. The highest BCUT2D eigenvalue weighted by Gasteiger charge is 2.41. The summed E-state index contributed by atoms with van der Waals surface area (Å²) in [6.07, 6.45) is 2.76. The second kappa shape index (κ2) is 5.91. The minimum absolute atomic E-state index is 0.0435. The van der Waals surface area contributed by atoms with Crippen LogP contribution in [0.15, 0.2) is 24.4 Å². The second-order valence-electron chi connectivity index (χ2n) is 7.78. The van der Waals surface area contributed by atoms with Crippen molar-refractivity contribution in [2.45, 2.75) is 43.8 Å². The molecule has 3 aromatic heterocycles. The molecule has 3 N–H and O–H groups in total. The van der Waals surface area contributed by atoms with E-state index in [4.69, 9.17) is 0 Å². The van der Waals surface area contributed by atoms with Crippen molar-refractivity contribution >= 4 is 29.3 Å². The van der Waals surface area contributed by atoms with Gasteiger partial charge in [-0.3, -0.25) is 9.50 Å². The lowest BCUT2D eigenvalue weighted by molar-refractivity contribution is -0.138. The topological polar surface area (TPSA) is 111 Å². The number of fused-ring (bicyclic) bond motifs is 1. The number of aromatic nitrogens is 5. The van der Waals surface area contributed by atoms with Gasteiger partial charge in [0, 0.05) is 29.8 Å². The number of anilines is 3. The molecule has 0 bridgehead atoms. The number of alkyl halides is 1. The van der Waals surface area contributed by atoms with Crippen LogP contribution in [0.3, 0.4) is 0 Å². The molecule has 3 aromatic rings. The molecule has 0 radical (unpaired) electrons. The number of aromatic amines is 1. The number of hydrogen-bond donors (Lipinski definition) is 3. The zero-order valence-corrected chi connectivity index (χ0v) is 15.3. The van der Waals surface area contributed by atoms with Crippen molar-refractivity contribution in [3.05, 3.63) is 30.1 Å². The van der Waals surface area contributed by atoms with Gasteiger partial charge in [-0.2, -0.15) is 15.1 Å². The highest BCUT2D eigenvalue weighted by atomic mass is 19.1. The van der Waals surface area contributed by atoms with Crippen molar-refractivity contribution < 1.29 is 14.3 Å². The maximum Gasteiger partial charge on any atom is 0.326 e. The van der Waals surface area contributed by atoms with Crippen LogP contribution in [0, 0.1) is 0 Å². The molecule has 1 saturated carbocycles. The first-order valence-corrected chi connectivity index (χ1v) is 9.24. The third kappa shape index (κ3) is 2.76. The molecule has 0 unspecified atom stereocenters. The molecule has 1 saturated heterocycles. The third-order valence-corrected chi connectivity index (χ3v) is 5.64. The van der Waals surface area contributed by atoms with Gasteiger partial charge in [-0.15, -0.1) is 0 Å². The second-order valence-corrected chi connectivity index (χ2v) is 7.78. The van der Waals surface area contributed by atoms with Gasteiger partial charge in [0.15, 0.2) is 5.82 Å². The average molecular weight is 385 g/mol. The summed E-state index contributed by atoms with van der Waals surface area (Å²) < 4.78 is 15.6. The van der Waals surface area contributed by atoms with E-state index in [2.05, 4.69) is 32.4 Å². The summed E-state index contributed by atoms with van der Waals surface area (Å²) in [5.74, 6) is 0.159. The summed E-state index contributed by atoms with van der Waals surface area (Å²) in [6.45, 7) is 2.14. The van der Waals surface area contributed by atoms with E-state index in [-0.39, 0.29) is 24.3 Å². The smallest absolute Gasteiger partial charge is 0.326 e. The quantitative estimate of drug-likeness (QED) is 0.618. The molecule has 4 heterocycles. The predicted molar refractivity (Wildman–Crippen MR) is 99.7 cm³/mol. The Bertz CT molecular complexity index is 1060. The summed E-state index contributed by atoms with van der Waals surface area (Å²) in [5, 5.41) is 20.0. The van der Waals surface area contributed by atoms with E-state index < -0.39 is 18.2 Å². The standard InChI is InChI=1S/C18H20FN7O2/c1-18(4-5-18)12-8-13(24-23-12)20-16-22-17(21-14-3-2-6-25(14)16)26-9-10(19)7-11(26)15(27)28/h2-3,6,8,10-11H,4-5,7,9H2,1H3,(H,27,28)(H2,20,21,22,23,24)/t10-,11+/m1/s1. The van der Waals surface area contributed by atoms with Gasteiger partial charge >= 0.3 is 5.97 Å². The molecule has 9 nitrogen and oxygen atoms in total. The Kier molecular flexibility index (Phi) is 3.58. The van der Waals surface area contributed by atoms with Crippen molar-refractivity contribution in [2.75, 3.05) is 16.8 Å². The molecule has 2 atom stereocenters. The summed E-state index contributed by atoms with van der Waals surface area (Å²) in [5.41, 5.74) is 1.81. The zero-order chi connectivity index (χ0) is 19.5. The Morgan fingerprint density at radius 3 is 3.00 bits per heavy atom. The maximum absolute atomic E-state index is 13.9. The molecule has 0 aromatic carbocycles. The lowest BCUT2D eigenvalue weighted by Gasteiger charge is -2.21. The average Bonchev–Trinajstić information content (AvgIpc) is 3.08. The van der Waals surface area contributed by atoms with Gasteiger partial charge in [0.2, 0.25) is 11.9 Å². The maximum atomic E-state index is 13.9. The molecule has 5 rings (SSSR count). The Hall–Kier alpha value is -3.17. The molecule has 0 spiro atoms. The minimum atomic E-state index is -1.22. The van der Waals surface area contributed by atoms with Gasteiger partial charge in [-0.05, 0) is 25.0 Å². The Balaban J connectivity index is 1.51. The lowest BCUT2D eigenvalue weighted by atomic mass is 10.1. The number of aliphatic carboxylic acids is 1. The fraction of sp³-hybridized carbons (Fsp3) is 0.444. The van der Waals surface area contributed by atoms with Gasteiger partial charge in [0.25, 0.3) is 0 Å². The van der Waals surface area contributed by atoms with Gasteiger partial charge in [-0.25, -0.2) is 9.18 Å². The van der Waals surface area contributed by atoms with Crippen LogP contribution < -0.4 is 10.2 Å². The highest BCUT2D eigenvalue weighted by Crippen LogP contribution is 2.47. The van der Waals surface area contributed by atoms with E-state index in [9.17, 15) is 14.3 Å². The van der Waals surface area contributed by atoms with Crippen molar-refractivity contribution in [2.24, 2.45) is 0 Å². The van der Waals surface area contributed by atoms with Crippen LogP contribution in [0.4, 0.5) is 22.1 Å². The predicted octanol–water partition coefficient (Wildman–Crippen LogP) is 2.25. The van der Waals surface area contributed by atoms with Gasteiger partial charge in [0.1, 0.15) is 17.9 Å². The highest BCUT2D eigenvalue weighted by molar-refractivity contribution is 5.78. The summed E-state index contributed by atoms with van der Waals surface area (Å²) in [4.78, 5) is 21.8. The number of rotatable bonds is 5. The van der Waals surface area contributed by atoms with Gasteiger partial charge in [0.05, 0.1) is 6.54 Å². The number of carboxylic acids is 1. The van der Waals surface area contributed by atoms with Crippen LogP contribution in [-0.4, -0.2) is 54.4 Å². The van der Waals surface area contributed by atoms with Gasteiger partial charge in [-0.1, -0.05) is 6.92 Å². The number of H-pyrrole nitrogens is 1. The molecule has 28 heavy (non-hydrogen) atoms. The molecular weight excluding hydrogens is 365 g/mol. The Morgan fingerprint density at radius 1 is 1.43 bits per heavy atom. The SMILES string of the molecule is CC1(c2cc(Nc3nc(N4C[C@H](F)C[C@H]4C(=O)O)nc4cccn34)n[nH]2)CC1. The zero-order valence-electron chi connectivity index (χ0n) is 15.3. The van der Waals surface area contributed by atoms with Crippen LogP contribution in [0.2, 0.25) is 0 Å². The molecule has 2 fully saturated rings. The number of halogens is 1.